The minimum atomic E-state index is 0. The smallest absolute Gasteiger partial charge is 0.191 e. The fourth-order valence-corrected chi connectivity index (χ4v) is 2.63. The maximum absolute atomic E-state index is 8.84. The molecule has 0 bridgehead atoms. The fraction of sp³-hybridized carbons (Fsp3) is 0.476. The zero-order valence-corrected chi connectivity index (χ0v) is 18.9. The van der Waals surface area contributed by atoms with Crippen molar-refractivity contribution in [3.8, 4) is 5.75 Å². The normalized spacial score (nSPS) is 11.0. The van der Waals surface area contributed by atoms with Crippen molar-refractivity contribution >= 4 is 29.9 Å². The van der Waals surface area contributed by atoms with E-state index in [9.17, 15) is 0 Å². The molecule has 1 aromatic heterocycles. The summed E-state index contributed by atoms with van der Waals surface area (Å²) >= 11 is 0. The van der Waals surface area contributed by atoms with E-state index in [1.165, 1.54) is 0 Å². The number of halogens is 1. The van der Waals surface area contributed by atoms with Crippen LogP contribution in [-0.2, 0) is 13.0 Å². The van der Waals surface area contributed by atoms with Gasteiger partial charge in [-0.1, -0.05) is 25.0 Å². The van der Waals surface area contributed by atoms with Crippen LogP contribution >= 0.6 is 24.0 Å². The Bertz CT molecular complexity index is 645. The van der Waals surface area contributed by atoms with Gasteiger partial charge in [-0.05, 0) is 42.7 Å². The van der Waals surface area contributed by atoms with Crippen LogP contribution in [0.1, 0.15) is 37.0 Å². The molecule has 0 fully saturated rings. The number of hydrogen-bond acceptors (Lipinski definition) is 4. The zero-order valence-electron chi connectivity index (χ0n) is 16.5. The van der Waals surface area contributed by atoms with Crippen molar-refractivity contribution in [2.24, 2.45) is 4.99 Å². The molecule has 0 amide bonds. The number of ether oxygens (including phenoxy) is 1. The van der Waals surface area contributed by atoms with Gasteiger partial charge in [0.05, 0.1) is 19.9 Å². The lowest BCUT2D eigenvalue weighted by molar-refractivity contribution is 0.282. The molecule has 0 aliphatic heterocycles. The molecule has 0 saturated heterocycles. The quantitative estimate of drug-likeness (QED) is 0.179. The van der Waals surface area contributed by atoms with Crippen LogP contribution in [-0.4, -0.2) is 37.9 Å². The first-order valence-corrected chi connectivity index (χ1v) is 9.60. The average Bonchev–Trinajstić information content (AvgIpc) is 3.22. The van der Waals surface area contributed by atoms with E-state index < -0.39 is 0 Å². The number of unbranched alkanes of at least 4 members (excludes halogenated alkanes) is 3. The highest BCUT2D eigenvalue weighted by molar-refractivity contribution is 14.0. The Kier molecular flexibility index (Phi) is 13.2. The highest BCUT2D eigenvalue weighted by Crippen LogP contribution is 2.11. The molecule has 0 aliphatic carbocycles. The molecule has 156 valence electrons. The fourth-order valence-electron chi connectivity index (χ4n) is 2.63. The highest BCUT2D eigenvalue weighted by atomic mass is 127. The Morgan fingerprint density at radius 2 is 1.79 bits per heavy atom. The number of aliphatic imine (C=N–C) groups is 1. The van der Waals surface area contributed by atoms with Crippen LogP contribution in [0, 0.1) is 0 Å². The topological polar surface area (TPSA) is 79.0 Å². The Hall–Kier alpha value is -1.74. The van der Waals surface area contributed by atoms with E-state index in [1.807, 2.05) is 36.4 Å². The number of aliphatic hydroxyl groups excluding tert-OH is 1. The van der Waals surface area contributed by atoms with E-state index in [1.54, 1.807) is 13.4 Å². The minimum absolute atomic E-state index is 0. The Morgan fingerprint density at radius 1 is 1.04 bits per heavy atom. The van der Waals surface area contributed by atoms with Crippen LogP contribution in [0.5, 0.6) is 5.75 Å². The van der Waals surface area contributed by atoms with Crippen LogP contribution < -0.4 is 15.4 Å². The van der Waals surface area contributed by atoms with Crippen LogP contribution in [0.15, 0.2) is 52.1 Å². The van der Waals surface area contributed by atoms with Gasteiger partial charge in [0.2, 0.25) is 0 Å². The molecule has 6 nitrogen and oxygen atoms in total. The average molecular weight is 501 g/mol. The van der Waals surface area contributed by atoms with E-state index in [4.69, 9.17) is 14.3 Å². The molecular formula is C21H32IN3O3. The summed E-state index contributed by atoms with van der Waals surface area (Å²) in [6, 6.07) is 11.8. The van der Waals surface area contributed by atoms with Crippen molar-refractivity contribution in [3.05, 3.63) is 54.0 Å². The molecule has 0 spiro atoms. The van der Waals surface area contributed by atoms with Crippen molar-refractivity contribution in [2.45, 2.75) is 38.6 Å². The van der Waals surface area contributed by atoms with Crippen LogP contribution in [0.3, 0.4) is 0 Å². The molecule has 0 atom stereocenters. The minimum Gasteiger partial charge on any atom is -0.497 e. The number of methoxy groups -OCH3 is 1. The van der Waals surface area contributed by atoms with Gasteiger partial charge in [-0.15, -0.1) is 24.0 Å². The van der Waals surface area contributed by atoms with Crippen LogP contribution in [0.2, 0.25) is 0 Å². The predicted octanol–water partition coefficient (Wildman–Crippen LogP) is 3.74. The number of benzene rings is 1. The summed E-state index contributed by atoms with van der Waals surface area (Å²) in [7, 11) is 1.67. The molecule has 28 heavy (non-hydrogen) atoms. The van der Waals surface area contributed by atoms with Gasteiger partial charge in [0.1, 0.15) is 11.5 Å². The van der Waals surface area contributed by atoms with Crippen molar-refractivity contribution < 1.29 is 14.3 Å². The van der Waals surface area contributed by atoms with Crippen molar-refractivity contribution in [2.75, 3.05) is 26.8 Å². The second-order valence-corrected chi connectivity index (χ2v) is 6.33. The van der Waals surface area contributed by atoms with Gasteiger partial charge >= 0.3 is 0 Å². The van der Waals surface area contributed by atoms with Gasteiger partial charge in [0.25, 0.3) is 0 Å². The summed E-state index contributed by atoms with van der Waals surface area (Å²) in [4.78, 5) is 4.69. The summed E-state index contributed by atoms with van der Waals surface area (Å²) in [5, 5.41) is 15.6. The molecule has 2 rings (SSSR count). The van der Waals surface area contributed by atoms with Crippen LogP contribution in [0.25, 0.3) is 0 Å². The molecule has 1 aromatic carbocycles. The molecule has 0 aliphatic rings. The maximum atomic E-state index is 8.84. The highest BCUT2D eigenvalue weighted by Gasteiger charge is 2.01. The summed E-state index contributed by atoms with van der Waals surface area (Å²) in [6.07, 6.45) is 6.60. The summed E-state index contributed by atoms with van der Waals surface area (Å²) in [5.74, 6) is 2.61. The first-order chi connectivity index (χ1) is 13.3. The zero-order chi connectivity index (χ0) is 19.2. The van der Waals surface area contributed by atoms with Crippen LogP contribution in [0.4, 0.5) is 0 Å². The maximum Gasteiger partial charge on any atom is 0.191 e. The van der Waals surface area contributed by atoms with Crippen molar-refractivity contribution in [3.63, 3.8) is 0 Å². The van der Waals surface area contributed by atoms with E-state index in [2.05, 4.69) is 15.6 Å². The standard InChI is InChI=1S/C21H31N3O3.HI/c1-26-19-10-8-18(9-11-19)17-24-21(22-13-4-2-3-5-15-25)23-14-12-20-7-6-16-27-20;/h6-11,16,25H,2-5,12-15,17H2,1H3,(H2,22,23,24);1H. The van der Waals surface area contributed by atoms with E-state index in [-0.39, 0.29) is 30.6 Å². The second-order valence-electron chi connectivity index (χ2n) is 6.33. The summed E-state index contributed by atoms with van der Waals surface area (Å²) in [5.41, 5.74) is 1.13. The first-order valence-electron chi connectivity index (χ1n) is 9.60. The first kappa shape index (κ1) is 24.3. The summed E-state index contributed by atoms with van der Waals surface area (Å²) < 4.78 is 10.6. The molecule has 0 saturated carbocycles. The lowest BCUT2D eigenvalue weighted by Crippen LogP contribution is -2.39. The number of furan rings is 1. The largest absolute Gasteiger partial charge is 0.497 e. The molecule has 0 unspecified atom stereocenters. The Labute approximate surface area is 184 Å². The third-order valence-electron chi connectivity index (χ3n) is 4.20. The predicted molar refractivity (Wildman–Crippen MR) is 124 cm³/mol. The van der Waals surface area contributed by atoms with Gasteiger partial charge < -0.3 is 24.9 Å². The van der Waals surface area contributed by atoms with Gasteiger partial charge in [-0.25, -0.2) is 4.99 Å². The van der Waals surface area contributed by atoms with Gasteiger partial charge in [-0.3, -0.25) is 0 Å². The van der Waals surface area contributed by atoms with Gasteiger partial charge in [0, 0.05) is 26.1 Å². The van der Waals surface area contributed by atoms with Crippen molar-refractivity contribution in [1.82, 2.24) is 10.6 Å². The van der Waals surface area contributed by atoms with E-state index >= 15 is 0 Å². The lowest BCUT2D eigenvalue weighted by atomic mass is 10.2. The monoisotopic (exact) mass is 501 g/mol. The third kappa shape index (κ3) is 9.98. The van der Waals surface area contributed by atoms with E-state index in [0.717, 1.165) is 68.2 Å². The number of nitrogens with one attached hydrogen (secondary N) is 2. The number of aliphatic hydroxyl groups is 1. The Balaban J connectivity index is 0.00000392. The SMILES string of the molecule is COc1ccc(CN=C(NCCCCCCO)NCCc2ccco2)cc1.I. The molecular weight excluding hydrogens is 469 g/mol. The number of rotatable bonds is 12. The molecule has 1 heterocycles. The summed E-state index contributed by atoms with van der Waals surface area (Å²) in [6.45, 7) is 2.49. The lowest BCUT2D eigenvalue weighted by Gasteiger charge is -2.12. The number of hydrogen-bond donors (Lipinski definition) is 3. The van der Waals surface area contributed by atoms with Gasteiger partial charge in [-0.2, -0.15) is 0 Å². The van der Waals surface area contributed by atoms with Crippen molar-refractivity contribution in [1.29, 1.82) is 0 Å². The second kappa shape index (κ2) is 15.2. The van der Waals surface area contributed by atoms with E-state index in [0.29, 0.717) is 6.54 Å². The number of nitrogens with zero attached hydrogens (tertiary/aromatic N) is 1. The Morgan fingerprint density at radius 3 is 2.46 bits per heavy atom. The molecule has 2 aromatic rings. The molecule has 7 heteroatoms. The third-order valence-corrected chi connectivity index (χ3v) is 4.20. The van der Waals surface area contributed by atoms with Gasteiger partial charge in [0.15, 0.2) is 5.96 Å². The number of guanidine groups is 1. The molecule has 0 radical (unpaired) electrons. The molecule has 3 N–H and O–H groups in total.